The molecule has 100 valence electrons. The highest BCUT2D eigenvalue weighted by atomic mass is 16.5. The Morgan fingerprint density at radius 2 is 2.06 bits per heavy atom. The van der Waals surface area contributed by atoms with Gasteiger partial charge >= 0.3 is 5.97 Å². The van der Waals surface area contributed by atoms with Gasteiger partial charge in [0.05, 0.1) is 13.2 Å². The zero-order valence-electron chi connectivity index (χ0n) is 10.7. The monoisotopic (exact) mass is 253 g/mol. The number of aliphatic carboxylic acids is 1. The number of carbonyl (C=O) groups is 1. The molecule has 1 unspecified atom stereocenters. The first kappa shape index (κ1) is 14.6. The summed E-state index contributed by atoms with van der Waals surface area (Å²) in [7, 11) is 3.13. The fourth-order valence-corrected chi connectivity index (χ4v) is 1.62. The fourth-order valence-electron chi connectivity index (χ4n) is 1.62. The van der Waals surface area contributed by atoms with Crippen molar-refractivity contribution in [1.29, 1.82) is 0 Å². The maximum absolute atomic E-state index is 10.9. The van der Waals surface area contributed by atoms with Crippen LogP contribution in [0.4, 0.5) is 0 Å². The van der Waals surface area contributed by atoms with Crippen LogP contribution in [0.25, 0.3) is 0 Å². The minimum absolute atomic E-state index is 0.146. The van der Waals surface area contributed by atoms with E-state index >= 15 is 0 Å². The van der Waals surface area contributed by atoms with Crippen molar-refractivity contribution in [3.63, 3.8) is 0 Å². The first-order valence-corrected chi connectivity index (χ1v) is 5.69. The zero-order chi connectivity index (χ0) is 13.4. The number of methoxy groups -OCH3 is 2. The third kappa shape index (κ3) is 4.83. The van der Waals surface area contributed by atoms with Crippen molar-refractivity contribution < 1.29 is 19.4 Å². The first-order chi connectivity index (χ1) is 8.67. The van der Waals surface area contributed by atoms with E-state index in [1.165, 1.54) is 7.11 Å². The first-order valence-electron chi connectivity index (χ1n) is 5.69. The second-order valence-corrected chi connectivity index (χ2v) is 3.98. The Bertz CT molecular complexity index is 381. The molecule has 0 bridgehead atoms. The van der Waals surface area contributed by atoms with Crippen molar-refractivity contribution in [1.82, 2.24) is 5.32 Å². The molecule has 0 saturated carbocycles. The maximum Gasteiger partial charge on any atom is 0.323 e. The van der Waals surface area contributed by atoms with Gasteiger partial charge in [0.15, 0.2) is 0 Å². The summed E-state index contributed by atoms with van der Waals surface area (Å²) in [5, 5.41) is 11.9. The van der Waals surface area contributed by atoms with Crippen LogP contribution in [0.1, 0.15) is 11.1 Å². The average molecular weight is 253 g/mol. The molecule has 0 amide bonds. The van der Waals surface area contributed by atoms with E-state index in [9.17, 15) is 4.79 Å². The van der Waals surface area contributed by atoms with Gasteiger partial charge in [0, 0.05) is 20.8 Å². The second kappa shape index (κ2) is 7.81. The van der Waals surface area contributed by atoms with Crippen LogP contribution in [0.2, 0.25) is 0 Å². The summed E-state index contributed by atoms with van der Waals surface area (Å²) in [5.41, 5.74) is 2.09. The second-order valence-electron chi connectivity index (χ2n) is 3.98. The molecule has 0 aliphatic carbocycles. The number of carboxylic acid groups (broad SMARTS) is 1. The summed E-state index contributed by atoms with van der Waals surface area (Å²) in [6.45, 7) is 1.18. The Kier molecular flexibility index (Phi) is 6.35. The smallest absolute Gasteiger partial charge is 0.323 e. The molecular weight excluding hydrogens is 234 g/mol. The standard InChI is InChI=1S/C13H19NO4/c1-17-8-11-5-3-4-10(6-11)7-14-12(9-18-2)13(15)16/h3-6,12,14H,7-9H2,1-2H3,(H,15,16). The number of carboxylic acids is 1. The average Bonchev–Trinajstić information content (AvgIpc) is 2.35. The van der Waals surface area contributed by atoms with Crippen molar-refractivity contribution >= 4 is 5.97 Å². The molecule has 0 saturated heterocycles. The van der Waals surface area contributed by atoms with Gasteiger partial charge < -0.3 is 14.6 Å². The van der Waals surface area contributed by atoms with E-state index in [-0.39, 0.29) is 6.61 Å². The molecule has 1 rings (SSSR count). The van der Waals surface area contributed by atoms with E-state index in [4.69, 9.17) is 14.6 Å². The topological polar surface area (TPSA) is 67.8 Å². The van der Waals surface area contributed by atoms with Crippen LogP contribution in [0.3, 0.4) is 0 Å². The van der Waals surface area contributed by atoms with Gasteiger partial charge in [0.25, 0.3) is 0 Å². The fraction of sp³-hybridized carbons (Fsp3) is 0.462. The van der Waals surface area contributed by atoms with E-state index in [0.29, 0.717) is 13.2 Å². The van der Waals surface area contributed by atoms with Crippen LogP contribution in [-0.2, 0) is 27.4 Å². The van der Waals surface area contributed by atoms with Gasteiger partial charge in [-0.2, -0.15) is 0 Å². The van der Waals surface area contributed by atoms with Crippen molar-refractivity contribution in [2.45, 2.75) is 19.2 Å². The molecule has 1 aromatic rings. The normalized spacial score (nSPS) is 12.3. The Labute approximate surface area is 107 Å². The number of benzene rings is 1. The van der Waals surface area contributed by atoms with Crippen molar-refractivity contribution in [2.24, 2.45) is 0 Å². The molecule has 0 radical (unpaired) electrons. The summed E-state index contributed by atoms with van der Waals surface area (Å²) >= 11 is 0. The van der Waals surface area contributed by atoms with Crippen LogP contribution >= 0.6 is 0 Å². The quantitative estimate of drug-likeness (QED) is 0.724. The van der Waals surface area contributed by atoms with Crippen molar-refractivity contribution in [2.75, 3.05) is 20.8 Å². The van der Waals surface area contributed by atoms with Crippen LogP contribution < -0.4 is 5.32 Å². The highest BCUT2D eigenvalue weighted by Crippen LogP contribution is 2.06. The van der Waals surface area contributed by atoms with E-state index < -0.39 is 12.0 Å². The van der Waals surface area contributed by atoms with Crippen LogP contribution in [-0.4, -0.2) is 37.9 Å². The Morgan fingerprint density at radius 1 is 1.33 bits per heavy atom. The van der Waals surface area contributed by atoms with Gasteiger partial charge in [-0.3, -0.25) is 10.1 Å². The van der Waals surface area contributed by atoms with Gasteiger partial charge in [0.1, 0.15) is 6.04 Å². The highest BCUT2D eigenvalue weighted by Gasteiger charge is 2.15. The van der Waals surface area contributed by atoms with Crippen LogP contribution in [0, 0.1) is 0 Å². The largest absolute Gasteiger partial charge is 0.480 e. The van der Waals surface area contributed by atoms with Gasteiger partial charge in [0.2, 0.25) is 0 Å². The minimum atomic E-state index is -0.912. The predicted molar refractivity (Wildman–Crippen MR) is 67.3 cm³/mol. The molecule has 1 aromatic carbocycles. The lowest BCUT2D eigenvalue weighted by molar-refractivity contribution is -0.140. The summed E-state index contributed by atoms with van der Waals surface area (Å²) in [4.78, 5) is 10.9. The maximum atomic E-state index is 10.9. The molecule has 0 aliphatic heterocycles. The number of hydrogen-bond donors (Lipinski definition) is 2. The van der Waals surface area contributed by atoms with E-state index in [0.717, 1.165) is 11.1 Å². The van der Waals surface area contributed by atoms with E-state index in [1.54, 1.807) is 7.11 Å². The number of nitrogens with one attached hydrogen (secondary N) is 1. The van der Waals surface area contributed by atoms with Gasteiger partial charge in [-0.1, -0.05) is 24.3 Å². The molecule has 5 heteroatoms. The summed E-state index contributed by atoms with van der Waals surface area (Å²) in [5.74, 6) is -0.912. The third-order valence-corrected chi connectivity index (χ3v) is 2.49. The summed E-state index contributed by atoms with van der Waals surface area (Å²) in [6.07, 6.45) is 0. The van der Waals surface area contributed by atoms with Crippen molar-refractivity contribution in [3.8, 4) is 0 Å². The van der Waals surface area contributed by atoms with E-state index in [2.05, 4.69) is 5.32 Å². The molecule has 0 aliphatic rings. The number of rotatable bonds is 8. The van der Waals surface area contributed by atoms with Gasteiger partial charge in [-0.15, -0.1) is 0 Å². The molecule has 18 heavy (non-hydrogen) atoms. The minimum Gasteiger partial charge on any atom is -0.480 e. The van der Waals surface area contributed by atoms with Crippen molar-refractivity contribution in [3.05, 3.63) is 35.4 Å². The molecule has 0 aromatic heterocycles. The molecule has 5 nitrogen and oxygen atoms in total. The number of hydrogen-bond acceptors (Lipinski definition) is 4. The zero-order valence-corrected chi connectivity index (χ0v) is 10.7. The molecule has 2 N–H and O–H groups in total. The molecule has 0 heterocycles. The number of ether oxygens (including phenoxy) is 2. The van der Waals surface area contributed by atoms with Gasteiger partial charge in [-0.05, 0) is 11.1 Å². The Hall–Kier alpha value is -1.43. The Morgan fingerprint density at radius 3 is 2.67 bits per heavy atom. The lowest BCUT2D eigenvalue weighted by Gasteiger charge is -2.13. The van der Waals surface area contributed by atoms with E-state index in [1.807, 2.05) is 24.3 Å². The Balaban J connectivity index is 2.55. The van der Waals surface area contributed by atoms with Crippen LogP contribution in [0.5, 0.6) is 0 Å². The lowest BCUT2D eigenvalue weighted by atomic mass is 10.1. The summed E-state index contributed by atoms with van der Waals surface area (Å²) in [6, 6.07) is 7.13. The third-order valence-electron chi connectivity index (χ3n) is 2.49. The molecule has 0 spiro atoms. The van der Waals surface area contributed by atoms with Crippen LogP contribution in [0.15, 0.2) is 24.3 Å². The highest BCUT2D eigenvalue weighted by molar-refractivity contribution is 5.73. The molecule has 0 fully saturated rings. The SMILES string of the molecule is COCc1cccc(CNC(COC)C(=O)O)c1. The summed E-state index contributed by atoms with van der Waals surface area (Å²) < 4.78 is 9.90. The van der Waals surface area contributed by atoms with Gasteiger partial charge in [-0.25, -0.2) is 0 Å². The predicted octanol–water partition coefficient (Wildman–Crippen LogP) is 1.02. The molecule has 1 atom stereocenters. The molecular formula is C13H19NO4. The lowest BCUT2D eigenvalue weighted by Crippen LogP contribution is -2.39.